The van der Waals surface area contributed by atoms with Gasteiger partial charge < -0.3 is 4.90 Å². The third kappa shape index (κ3) is 4.01. The first kappa shape index (κ1) is 22.6. The normalized spacial score (nSPS) is 14.9. The molecular formula is C24H21Cl2N3O2S2. The van der Waals surface area contributed by atoms with Crippen LogP contribution in [0, 0.1) is 9.87 Å². The standard InChI is InChI=1S/C24H21Cl2N3O2S2/c1-14-8-10-27(11-9-14)20(30)13-28-22-21(16-7-6-15(25)12-18(16)26)33-24(32)29(22)19-5-3-2-4-17(19)23(28)31/h2-7,12,14H,8-11,13H2,1H3. The molecule has 4 aromatic rings. The molecule has 170 valence electrons. The van der Waals surface area contributed by atoms with E-state index in [4.69, 9.17) is 35.4 Å². The van der Waals surface area contributed by atoms with Gasteiger partial charge in [-0.25, -0.2) is 0 Å². The lowest BCUT2D eigenvalue weighted by Crippen LogP contribution is -2.41. The number of para-hydroxylation sites is 1. The summed E-state index contributed by atoms with van der Waals surface area (Å²) in [6, 6.07) is 12.6. The van der Waals surface area contributed by atoms with Crippen molar-refractivity contribution >= 4 is 69.2 Å². The Labute approximate surface area is 209 Å². The van der Waals surface area contributed by atoms with E-state index in [1.54, 1.807) is 22.8 Å². The molecule has 1 saturated heterocycles. The van der Waals surface area contributed by atoms with Gasteiger partial charge in [-0.15, -0.1) is 11.3 Å². The number of aromatic nitrogens is 2. The summed E-state index contributed by atoms with van der Waals surface area (Å²) in [4.78, 5) is 29.5. The van der Waals surface area contributed by atoms with Crippen LogP contribution in [0.2, 0.25) is 10.0 Å². The minimum Gasteiger partial charge on any atom is -0.341 e. The van der Waals surface area contributed by atoms with Crippen LogP contribution in [0.5, 0.6) is 0 Å². The Morgan fingerprint density at radius 3 is 2.61 bits per heavy atom. The smallest absolute Gasteiger partial charge is 0.262 e. The maximum absolute atomic E-state index is 13.6. The van der Waals surface area contributed by atoms with Crippen LogP contribution in [0.3, 0.4) is 0 Å². The van der Waals surface area contributed by atoms with Gasteiger partial charge in [0.15, 0.2) is 3.95 Å². The van der Waals surface area contributed by atoms with E-state index in [0.29, 0.717) is 49.6 Å². The Morgan fingerprint density at radius 2 is 1.88 bits per heavy atom. The molecule has 5 rings (SSSR count). The second-order valence-corrected chi connectivity index (χ2v) is 10.9. The number of benzene rings is 2. The molecule has 1 fully saturated rings. The van der Waals surface area contributed by atoms with Gasteiger partial charge in [-0.1, -0.05) is 48.3 Å². The Hall–Kier alpha value is -2.19. The summed E-state index contributed by atoms with van der Waals surface area (Å²) in [5, 5.41) is 1.51. The Balaban J connectivity index is 1.76. The zero-order valence-corrected chi connectivity index (χ0v) is 21.0. The average Bonchev–Trinajstić information content (AvgIpc) is 3.13. The van der Waals surface area contributed by atoms with Crippen molar-refractivity contribution in [3.05, 3.63) is 66.8 Å². The van der Waals surface area contributed by atoms with Gasteiger partial charge in [-0.2, -0.15) is 0 Å². The molecule has 0 aliphatic carbocycles. The summed E-state index contributed by atoms with van der Waals surface area (Å²) in [5.41, 5.74) is 1.80. The molecular weight excluding hydrogens is 497 g/mol. The SMILES string of the molecule is CC1CCN(C(=O)Cn2c(=O)c3ccccc3n3c(=S)sc(-c4ccc(Cl)cc4Cl)c23)CC1. The van der Waals surface area contributed by atoms with Crippen molar-refractivity contribution in [2.24, 2.45) is 5.92 Å². The second kappa shape index (κ2) is 8.87. The Bertz CT molecular complexity index is 1510. The van der Waals surface area contributed by atoms with Crippen LogP contribution in [0.15, 0.2) is 47.3 Å². The number of amides is 1. The van der Waals surface area contributed by atoms with E-state index in [1.807, 2.05) is 33.6 Å². The number of carbonyl (C=O) groups is 1. The van der Waals surface area contributed by atoms with Crippen molar-refractivity contribution in [3.8, 4) is 10.4 Å². The number of hydrogen-bond donors (Lipinski definition) is 0. The molecule has 0 bridgehead atoms. The number of thiazole rings is 1. The van der Waals surface area contributed by atoms with Gasteiger partial charge in [-0.3, -0.25) is 18.6 Å². The van der Waals surface area contributed by atoms with Crippen LogP contribution in [-0.4, -0.2) is 32.9 Å². The minimum absolute atomic E-state index is 0.0503. The van der Waals surface area contributed by atoms with E-state index in [0.717, 1.165) is 23.3 Å². The van der Waals surface area contributed by atoms with E-state index in [-0.39, 0.29) is 18.0 Å². The van der Waals surface area contributed by atoms with E-state index >= 15 is 0 Å². The zero-order chi connectivity index (χ0) is 23.3. The first-order valence-electron chi connectivity index (χ1n) is 10.8. The van der Waals surface area contributed by atoms with Crippen LogP contribution in [0.25, 0.3) is 27.0 Å². The highest BCUT2D eigenvalue weighted by Crippen LogP contribution is 2.38. The fourth-order valence-corrected chi connectivity index (χ4v) is 6.43. The molecule has 1 aliphatic rings. The molecule has 33 heavy (non-hydrogen) atoms. The van der Waals surface area contributed by atoms with Crippen molar-refractivity contribution in [1.29, 1.82) is 0 Å². The predicted molar refractivity (Wildman–Crippen MR) is 138 cm³/mol. The molecule has 0 atom stereocenters. The summed E-state index contributed by atoms with van der Waals surface area (Å²) in [7, 11) is 0. The van der Waals surface area contributed by atoms with Crippen LogP contribution in [-0.2, 0) is 11.3 Å². The van der Waals surface area contributed by atoms with Gasteiger partial charge in [0.2, 0.25) is 5.91 Å². The zero-order valence-electron chi connectivity index (χ0n) is 17.9. The topological polar surface area (TPSA) is 46.7 Å². The number of nitrogens with zero attached hydrogens (tertiary/aromatic N) is 3. The highest BCUT2D eigenvalue weighted by Gasteiger charge is 2.24. The first-order valence-corrected chi connectivity index (χ1v) is 12.7. The highest BCUT2D eigenvalue weighted by atomic mass is 35.5. The molecule has 0 spiro atoms. The molecule has 0 unspecified atom stereocenters. The van der Waals surface area contributed by atoms with Crippen molar-refractivity contribution in [1.82, 2.24) is 13.9 Å². The number of halogens is 2. The Morgan fingerprint density at radius 1 is 1.15 bits per heavy atom. The maximum Gasteiger partial charge on any atom is 0.262 e. The lowest BCUT2D eigenvalue weighted by atomic mass is 9.99. The van der Waals surface area contributed by atoms with Gasteiger partial charge in [0.25, 0.3) is 5.56 Å². The lowest BCUT2D eigenvalue weighted by Gasteiger charge is -2.30. The number of fused-ring (bicyclic) bond motifs is 3. The number of piperidine rings is 1. The molecule has 3 heterocycles. The van der Waals surface area contributed by atoms with Crippen LogP contribution >= 0.6 is 46.8 Å². The second-order valence-electron chi connectivity index (χ2n) is 8.45. The van der Waals surface area contributed by atoms with Crippen molar-refractivity contribution in [2.45, 2.75) is 26.3 Å². The minimum atomic E-state index is -0.219. The largest absolute Gasteiger partial charge is 0.341 e. The molecule has 2 aromatic carbocycles. The van der Waals surface area contributed by atoms with Crippen LogP contribution in [0.4, 0.5) is 0 Å². The lowest BCUT2D eigenvalue weighted by molar-refractivity contribution is -0.133. The molecule has 5 nitrogen and oxygen atoms in total. The van der Waals surface area contributed by atoms with Crippen LogP contribution in [0.1, 0.15) is 19.8 Å². The number of likely N-dealkylation sites (tertiary alicyclic amines) is 1. The highest BCUT2D eigenvalue weighted by molar-refractivity contribution is 7.73. The third-order valence-electron chi connectivity index (χ3n) is 6.27. The quantitative estimate of drug-likeness (QED) is 0.300. The third-order valence-corrected chi connectivity index (χ3v) is 8.21. The molecule has 0 N–H and O–H groups in total. The fourth-order valence-electron chi connectivity index (χ4n) is 4.40. The van der Waals surface area contributed by atoms with E-state index in [9.17, 15) is 9.59 Å². The van der Waals surface area contributed by atoms with Crippen molar-refractivity contribution in [3.63, 3.8) is 0 Å². The molecule has 2 aromatic heterocycles. The summed E-state index contributed by atoms with van der Waals surface area (Å²) in [5.74, 6) is 0.546. The molecule has 0 saturated carbocycles. The maximum atomic E-state index is 13.6. The summed E-state index contributed by atoms with van der Waals surface area (Å²) >= 11 is 19.8. The number of carbonyl (C=O) groups excluding carboxylic acids is 1. The number of rotatable bonds is 3. The first-order chi connectivity index (χ1) is 15.8. The average molecular weight is 518 g/mol. The van der Waals surface area contributed by atoms with Gasteiger partial charge >= 0.3 is 0 Å². The van der Waals surface area contributed by atoms with Gasteiger partial charge in [0.1, 0.15) is 12.2 Å². The molecule has 1 aliphatic heterocycles. The van der Waals surface area contributed by atoms with Crippen LogP contribution < -0.4 is 5.56 Å². The van der Waals surface area contributed by atoms with E-state index < -0.39 is 0 Å². The van der Waals surface area contributed by atoms with Crippen molar-refractivity contribution in [2.75, 3.05) is 13.1 Å². The van der Waals surface area contributed by atoms with Crippen molar-refractivity contribution < 1.29 is 4.79 Å². The summed E-state index contributed by atoms with van der Waals surface area (Å²) in [6.45, 7) is 3.58. The van der Waals surface area contributed by atoms with Gasteiger partial charge in [0, 0.05) is 23.7 Å². The monoisotopic (exact) mass is 517 g/mol. The Kier molecular flexibility index (Phi) is 6.07. The number of hydrogen-bond acceptors (Lipinski definition) is 4. The van der Waals surface area contributed by atoms with Gasteiger partial charge in [0.05, 0.1) is 20.8 Å². The fraction of sp³-hybridized carbons (Fsp3) is 0.292. The molecule has 0 radical (unpaired) electrons. The van der Waals surface area contributed by atoms with E-state index in [1.165, 1.54) is 11.3 Å². The summed E-state index contributed by atoms with van der Waals surface area (Å²) < 4.78 is 4.01. The van der Waals surface area contributed by atoms with E-state index in [2.05, 4.69) is 6.92 Å². The molecule has 9 heteroatoms. The molecule has 1 amide bonds. The predicted octanol–water partition coefficient (Wildman–Crippen LogP) is 6.28. The van der Waals surface area contributed by atoms with Gasteiger partial charge in [-0.05, 0) is 55.2 Å². The summed E-state index contributed by atoms with van der Waals surface area (Å²) in [6.07, 6.45) is 1.95.